The van der Waals surface area contributed by atoms with Crippen LogP contribution in [-0.4, -0.2) is 50.1 Å². The van der Waals surface area contributed by atoms with Crippen LogP contribution < -0.4 is 5.32 Å². The maximum Gasteiger partial charge on any atom is 0.242 e. The van der Waals surface area contributed by atoms with Crippen molar-refractivity contribution in [2.24, 2.45) is 5.92 Å². The van der Waals surface area contributed by atoms with Crippen molar-refractivity contribution in [2.75, 3.05) is 20.6 Å². The summed E-state index contributed by atoms with van der Waals surface area (Å²) in [5, 5.41) is 2.95. The van der Waals surface area contributed by atoms with Crippen LogP contribution in [-0.2, 0) is 26.2 Å². The highest BCUT2D eigenvalue weighted by Crippen LogP contribution is 2.23. The summed E-state index contributed by atoms with van der Waals surface area (Å²) in [6, 6.07) is 14.2. The van der Waals surface area contributed by atoms with Crippen LogP contribution in [0.15, 0.2) is 53.4 Å². The Bertz CT molecular complexity index is 1050. The molecule has 0 aliphatic carbocycles. The van der Waals surface area contributed by atoms with E-state index in [9.17, 15) is 18.0 Å². The van der Waals surface area contributed by atoms with E-state index in [4.69, 9.17) is 0 Å². The third-order valence-corrected chi connectivity index (χ3v) is 7.43. The minimum absolute atomic E-state index is 0.0216. The third kappa shape index (κ3) is 5.32. The summed E-state index contributed by atoms with van der Waals surface area (Å²) >= 11 is 0. The zero-order chi connectivity index (χ0) is 22.8. The van der Waals surface area contributed by atoms with Crippen LogP contribution in [0.1, 0.15) is 36.1 Å². The number of nitrogens with one attached hydrogen (secondary N) is 1. The lowest BCUT2D eigenvalue weighted by molar-refractivity contribution is -0.129. The molecular formula is C23H29N3O4S. The van der Waals surface area contributed by atoms with E-state index >= 15 is 0 Å². The Morgan fingerprint density at radius 3 is 2.32 bits per heavy atom. The van der Waals surface area contributed by atoms with Crippen LogP contribution in [0.25, 0.3) is 0 Å². The van der Waals surface area contributed by atoms with E-state index in [1.165, 1.54) is 26.2 Å². The number of aryl methyl sites for hydroxylation is 1. The average Bonchev–Trinajstić information content (AvgIpc) is 3.10. The molecule has 31 heavy (non-hydrogen) atoms. The minimum atomic E-state index is -3.49. The van der Waals surface area contributed by atoms with Crippen molar-refractivity contribution < 1.29 is 18.0 Å². The topological polar surface area (TPSA) is 86.8 Å². The molecular weight excluding hydrogens is 414 g/mol. The number of likely N-dealkylation sites (tertiary alicyclic amines) is 1. The van der Waals surface area contributed by atoms with Crippen LogP contribution in [0.2, 0.25) is 0 Å². The van der Waals surface area contributed by atoms with E-state index in [2.05, 4.69) is 5.32 Å². The minimum Gasteiger partial charge on any atom is -0.349 e. The molecule has 2 aromatic carbocycles. The standard InChI is InChI=1S/C23H29N3O4S/c1-16-5-7-18(8-6-16)14-26-15-20(13-22(26)27)23(28)24-17(2)19-9-11-21(12-10-19)31(29,30)25(3)4/h5-12,17,20H,13-15H2,1-4H3,(H,24,28). The van der Waals surface area contributed by atoms with Gasteiger partial charge in [-0.25, -0.2) is 12.7 Å². The molecule has 1 fully saturated rings. The Kier molecular flexibility index (Phi) is 6.81. The van der Waals surface area contributed by atoms with Crippen molar-refractivity contribution in [3.05, 3.63) is 65.2 Å². The Morgan fingerprint density at radius 2 is 1.74 bits per heavy atom. The van der Waals surface area contributed by atoms with Gasteiger partial charge >= 0.3 is 0 Å². The molecule has 1 aliphatic heterocycles. The first-order chi connectivity index (χ1) is 14.6. The van der Waals surface area contributed by atoms with Gasteiger partial charge in [-0.3, -0.25) is 9.59 Å². The number of benzene rings is 2. The first kappa shape index (κ1) is 23.0. The van der Waals surface area contributed by atoms with Gasteiger partial charge in [0.15, 0.2) is 0 Å². The van der Waals surface area contributed by atoms with E-state index in [-0.39, 0.29) is 29.2 Å². The number of amides is 2. The number of hydrogen-bond acceptors (Lipinski definition) is 4. The first-order valence-electron chi connectivity index (χ1n) is 10.2. The van der Waals surface area contributed by atoms with Gasteiger partial charge in [0.1, 0.15) is 0 Å². The summed E-state index contributed by atoms with van der Waals surface area (Å²) < 4.78 is 25.5. The fourth-order valence-corrected chi connectivity index (χ4v) is 4.47. The molecule has 2 unspecified atom stereocenters. The van der Waals surface area contributed by atoms with Crippen molar-refractivity contribution in [1.82, 2.24) is 14.5 Å². The molecule has 0 aromatic heterocycles. The number of carbonyl (C=O) groups is 2. The van der Waals surface area contributed by atoms with Crippen LogP contribution in [0.5, 0.6) is 0 Å². The molecule has 0 saturated carbocycles. The molecule has 1 N–H and O–H groups in total. The van der Waals surface area contributed by atoms with Gasteiger partial charge < -0.3 is 10.2 Å². The predicted molar refractivity (Wildman–Crippen MR) is 119 cm³/mol. The average molecular weight is 444 g/mol. The quantitative estimate of drug-likeness (QED) is 0.712. The summed E-state index contributed by atoms with van der Waals surface area (Å²) in [5.74, 6) is -0.586. The SMILES string of the molecule is Cc1ccc(CN2CC(C(=O)NC(C)c3ccc(S(=O)(=O)N(C)C)cc3)CC2=O)cc1. The third-order valence-electron chi connectivity index (χ3n) is 5.60. The number of rotatable bonds is 7. The van der Waals surface area contributed by atoms with Gasteiger partial charge in [-0.15, -0.1) is 0 Å². The van der Waals surface area contributed by atoms with Gasteiger partial charge in [0.05, 0.1) is 16.9 Å². The molecule has 2 amide bonds. The zero-order valence-electron chi connectivity index (χ0n) is 18.3. The van der Waals surface area contributed by atoms with Gasteiger partial charge in [0.2, 0.25) is 21.8 Å². The normalized spacial score (nSPS) is 17.8. The van der Waals surface area contributed by atoms with Gasteiger partial charge in [-0.2, -0.15) is 0 Å². The molecule has 2 aromatic rings. The molecule has 1 saturated heterocycles. The monoisotopic (exact) mass is 443 g/mol. The van der Waals surface area contributed by atoms with E-state index < -0.39 is 15.9 Å². The Morgan fingerprint density at radius 1 is 1.13 bits per heavy atom. The highest BCUT2D eigenvalue weighted by atomic mass is 32.2. The molecule has 1 aliphatic rings. The Balaban J connectivity index is 1.59. The molecule has 0 bridgehead atoms. The fourth-order valence-electron chi connectivity index (χ4n) is 3.57. The summed E-state index contributed by atoms with van der Waals surface area (Å²) in [6.07, 6.45) is 0.199. The second kappa shape index (κ2) is 9.20. The number of sulfonamides is 1. The zero-order valence-corrected chi connectivity index (χ0v) is 19.1. The highest BCUT2D eigenvalue weighted by Gasteiger charge is 2.34. The maximum atomic E-state index is 12.7. The van der Waals surface area contributed by atoms with E-state index in [1.807, 2.05) is 38.1 Å². The molecule has 7 nitrogen and oxygen atoms in total. The Hall–Kier alpha value is -2.71. The van der Waals surface area contributed by atoms with Gasteiger partial charge in [-0.1, -0.05) is 42.0 Å². The molecule has 1 heterocycles. The Labute approximate surface area is 184 Å². The van der Waals surface area contributed by atoms with Crippen molar-refractivity contribution in [2.45, 2.75) is 37.8 Å². The van der Waals surface area contributed by atoms with Crippen molar-refractivity contribution in [1.29, 1.82) is 0 Å². The van der Waals surface area contributed by atoms with Crippen LogP contribution >= 0.6 is 0 Å². The maximum absolute atomic E-state index is 12.7. The predicted octanol–water partition coefficient (Wildman–Crippen LogP) is 2.47. The smallest absolute Gasteiger partial charge is 0.242 e. The number of hydrogen-bond donors (Lipinski definition) is 1. The fraction of sp³-hybridized carbons (Fsp3) is 0.391. The molecule has 0 radical (unpaired) electrons. The summed E-state index contributed by atoms with van der Waals surface area (Å²) in [5.41, 5.74) is 3.00. The van der Waals surface area contributed by atoms with E-state index in [1.54, 1.807) is 17.0 Å². The number of nitrogens with zero attached hydrogens (tertiary/aromatic N) is 2. The van der Waals surface area contributed by atoms with Crippen molar-refractivity contribution in [3.8, 4) is 0 Å². The summed E-state index contributed by atoms with van der Waals surface area (Å²) in [4.78, 5) is 27.1. The van der Waals surface area contributed by atoms with Gasteiger partial charge in [-0.05, 0) is 37.1 Å². The summed E-state index contributed by atoms with van der Waals surface area (Å²) in [6.45, 7) is 4.75. The van der Waals surface area contributed by atoms with Crippen molar-refractivity contribution in [3.63, 3.8) is 0 Å². The largest absolute Gasteiger partial charge is 0.349 e. The summed E-state index contributed by atoms with van der Waals surface area (Å²) in [7, 11) is -0.527. The molecule has 166 valence electrons. The lowest BCUT2D eigenvalue weighted by Crippen LogP contribution is -2.34. The lowest BCUT2D eigenvalue weighted by atomic mass is 10.1. The molecule has 3 rings (SSSR count). The second-order valence-corrected chi connectivity index (χ2v) is 10.4. The van der Waals surface area contributed by atoms with Crippen molar-refractivity contribution >= 4 is 21.8 Å². The van der Waals surface area contributed by atoms with E-state index in [0.717, 1.165) is 21.0 Å². The van der Waals surface area contributed by atoms with E-state index in [0.29, 0.717) is 13.1 Å². The number of carbonyl (C=O) groups excluding carboxylic acids is 2. The van der Waals surface area contributed by atoms with Gasteiger partial charge in [0, 0.05) is 33.6 Å². The van der Waals surface area contributed by atoms with Crippen LogP contribution in [0.4, 0.5) is 0 Å². The molecule has 0 spiro atoms. The molecule has 2 atom stereocenters. The van der Waals surface area contributed by atoms with Crippen LogP contribution in [0.3, 0.4) is 0 Å². The van der Waals surface area contributed by atoms with Gasteiger partial charge in [0.25, 0.3) is 0 Å². The second-order valence-electron chi connectivity index (χ2n) is 8.25. The highest BCUT2D eigenvalue weighted by molar-refractivity contribution is 7.89. The first-order valence-corrected chi connectivity index (χ1v) is 11.7. The lowest BCUT2D eigenvalue weighted by Gasteiger charge is -2.19. The van der Waals surface area contributed by atoms with Crippen LogP contribution in [0, 0.1) is 12.8 Å². The molecule has 8 heteroatoms.